The smallest absolute Gasteiger partial charge is 0.0210 e. The summed E-state index contributed by atoms with van der Waals surface area (Å²) in [6, 6.07) is 0. The van der Waals surface area contributed by atoms with E-state index in [-0.39, 0.29) is 0 Å². The van der Waals surface area contributed by atoms with Gasteiger partial charge in [-0.05, 0) is 74.0 Å². The van der Waals surface area contributed by atoms with Crippen LogP contribution in [0.3, 0.4) is 0 Å². The highest BCUT2D eigenvalue weighted by Gasteiger charge is 2.73. The molecule has 5 aliphatic rings. The van der Waals surface area contributed by atoms with Crippen LogP contribution < -0.4 is 0 Å². The van der Waals surface area contributed by atoms with Gasteiger partial charge in [-0.25, -0.2) is 0 Å². The molecule has 0 aliphatic heterocycles. The molecule has 0 aromatic carbocycles. The molecular formula is C12H18. The lowest BCUT2D eigenvalue weighted by Crippen LogP contribution is -2.43. The van der Waals surface area contributed by atoms with Crippen molar-refractivity contribution in [2.45, 2.75) is 51.4 Å². The molecule has 2 bridgehead atoms. The second-order valence-corrected chi connectivity index (χ2v) is 5.86. The van der Waals surface area contributed by atoms with Crippen LogP contribution in [0.2, 0.25) is 0 Å². The van der Waals surface area contributed by atoms with Gasteiger partial charge in [-0.3, -0.25) is 0 Å². The standard InChI is InChI=1S/C12H18/c1-2-10-4-3-9(1)11(5-6-11)12(10)7-8-12/h9-10H,1-8H2. The average Bonchev–Trinajstić information content (AvgIpc) is 2.97. The fourth-order valence-corrected chi connectivity index (χ4v) is 5.09. The molecule has 0 radical (unpaired) electrons. The van der Waals surface area contributed by atoms with Crippen molar-refractivity contribution in [1.82, 2.24) is 0 Å². The first-order valence-corrected chi connectivity index (χ1v) is 5.87. The maximum absolute atomic E-state index is 1.62. The molecule has 0 atom stereocenters. The van der Waals surface area contributed by atoms with Crippen LogP contribution in [0.4, 0.5) is 0 Å². The molecule has 5 aliphatic carbocycles. The maximum atomic E-state index is 1.62. The molecule has 0 saturated heterocycles. The van der Waals surface area contributed by atoms with Gasteiger partial charge in [0.25, 0.3) is 0 Å². The average molecular weight is 162 g/mol. The summed E-state index contributed by atoms with van der Waals surface area (Å²) in [7, 11) is 0. The van der Waals surface area contributed by atoms with E-state index in [0.29, 0.717) is 0 Å². The lowest BCUT2D eigenvalue weighted by Gasteiger charge is -2.51. The second kappa shape index (κ2) is 1.63. The summed E-state index contributed by atoms with van der Waals surface area (Å²) in [5.74, 6) is 2.37. The molecular weight excluding hydrogens is 144 g/mol. The zero-order valence-corrected chi connectivity index (χ0v) is 7.81. The van der Waals surface area contributed by atoms with E-state index >= 15 is 0 Å². The molecule has 5 rings (SSSR count). The third-order valence-corrected chi connectivity index (χ3v) is 5.86. The molecule has 5 saturated carbocycles. The fourth-order valence-electron chi connectivity index (χ4n) is 5.09. The Morgan fingerprint density at radius 3 is 1.17 bits per heavy atom. The van der Waals surface area contributed by atoms with Crippen LogP contribution in [0.15, 0.2) is 0 Å². The summed E-state index contributed by atoms with van der Waals surface area (Å²) in [6.45, 7) is 0. The predicted molar refractivity (Wildman–Crippen MR) is 48.8 cm³/mol. The number of rotatable bonds is 0. The van der Waals surface area contributed by atoms with Gasteiger partial charge in [0.2, 0.25) is 0 Å². The van der Waals surface area contributed by atoms with E-state index in [9.17, 15) is 0 Å². The minimum Gasteiger partial charge on any atom is -0.0496 e. The van der Waals surface area contributed by atoms with Crippen molar-refractivity contribution in [2.24, 2.45) is 22.7 Å². The molecule has 0 heterocycles. The zero-order valence-electron chi connectivity index (χ0n) is 7.81. The van der Waals surface area contributed by atoms with Crippen molar-refractivity contribution in [3.63, 3.8) is 0 Å². The molecule has 5 fully saturated rings. The van der Waals surface area contributed by atoms with E-state index in [1.165, 1.54) is 11.8 Å². The first-order valence-electron chi connectivity index (χ1n) is 5.87. The monoisotopic (exact) mass is 162 g/mol. The molecule has 0 unspecified atom stereocenters. The number of fused-ring (bicyclic) bond motifs is 2. The van der Waals surface area contributed by atoms with E-state index in [2.05, 4.69) is 0 Å². The fraction of sp³-hybridized carbons (Fsp3) is 1.00. The third kappa shape index (κ3) is 0.482. The predicted octanol–water partition coefficient (Wildman–Crippen LogP) is 3.37. The molecule has 0 nitrogen and oxygen atoms in total. The Hall–Kier alpha value is 0. The Morgan fingerprint density at radius 1 is 0.583 bits per heavy atom. The van der Waals surface area contributed by atoms with Gasteiger partial charge < -0.3 is 0 Å². The summed E-state index contributed by atoms with van der Waals surface area (Å²) < 4.78 is 0. The molecule has 0 N–H and O–H groups in total. The van der Waals surface area contributed by atoms with Crippen molar-refractivity contribution in [1.29, 1.82) is 0 Å². The quantitative estimate of drug-likeness (QED) is 0.512. The number of hydrogen-bond donors (Lipinski definition) is 0. The number of hydrogen-bond acceptors (Lipinski definition) is 0. The zero-order chi connectivity index (χ0) is 7.81. The molecule has 12 heavy (non-hydrogen) atoms. The summed E-state index contributed by atoms with van der Waals surface area (Å²) in [5.41, 5.74) is 1.91. The van der Waals surface area contributed by atoms with Crippen LogP contribution in [0.5, 0.6) is 0 Å². The first-order chi connectivity index (χ1) is 5.87. The summed E-state index contributed by atoms with van der Waals surface area (Å²) >= 11 is 0. The van der Waals surface area contributed by atoms with Crippen LogP contribution >= 0.6 is 0 Å². The van der Waals surface area contributed by atoms with Gasteiger partial charge in [0.15, 0.2) is 0 Å². The van der Waals surface area contributed by atoms with Crippen LogP contribution in [-0.2, 0) is 0 Å². The lowest BCUT2D eigenvalue weighted by molar-refractivity contribution is -0.0155. The highest BCUT2D eigenvalue weighted by atomic mass is 14.8. The van der Waals surface area contributed by atoms with Crippen molar-refractivity contribution >= 4 is 0 Å². The van der Waals surface area contributed by atoms with Gasteiger partial charge in [0, 0.05) is 0 Å². The van der Waals surface area contributed by atoms with Gasteiger partial charge in [-0.1, -0.05) is 0 Å². The van der Waals surface area contributed by atoms with Gasteiger partial charge >= 0.3 is 0 Å². The van der Waals surface area contributed by atoms with E-state index in [1.807, 2.05) is 0 Å². The van der Waals surface area contributed by atoms with E-state index < -0.39 is 0 Å². The summed E-state index contributed by atoms with van der Waals surface area (Å²) in [5, 5.41) is 0. The van der Waals surface area contributed by atoms with E-state index in [4.69, 9.17) is 0 Å². The minimum absolute atomic E-state index is 0.953. The maximum Gasteiger partial charge on any atom is -0.0210 e. The second-order valence-electron chi connectivity index (χ2n) is 5.86. The van der Waals surface area contributed by atoms with Crippen LogP contribution in [-0.4, -0.2) is 0 Å². The molecule has 0 amide bonds. The Morgan fingerprint density at radius 2 is 0.917 bits per heavy atom. The highest BCUT2D eigenvalue weighted by molar-refractivity contribution is 5.22. The largest absolute Gasteiger partial charge is 0.0496 e. The van der Waals surface area contributed by atoms with Crippen molar-refractivity contribution < 1.29 is 0 Å². The molecule has 66 valence electrons. The van der Waals surface area contributed by atoms with Crippen LogP contribution in [0.1, 0.15) is 51.4 Å². The summed E-state index contributed by atoms with van der Waals surface area (Å²) in [6.07, 6.45) is 12.9. The Kier molecular flexibility index (Phi) is 0.875. The third-order valence-electron chi connectivity index (χ3n) is 5.86. The molecule has 0 aromatic heterocycles. The summed E-state index contributed by atoms with van der Waals surface area (Å²) in [4.78, 5) is 0. The van der Waals surface area contributed by atoms with Crippen LogP contribution in [0.25, 0.3) is 0 Å². The molecule has 0 aromatic rings. The van der Waals surface area contributed by atoms with Gasteiger partial charge in [0.1, 0.15) is 0 Å². The lowest BCUT2D eigenvalue weighted by atomic mass is 9.54. The topological polar surface area (TPSA) is 0 Å². The van der Waals surface area contributed by atoms with Crippen molar-refractivity contribution in [3.05, 3.63) is 0 Å². The van der Waals surface area contributed by atoms with Crippen molar-refractivity contribution in [2.75, 3.05) is 0 Å². The Labute approximate surface area is 74.7 Å². The van der Waals surface area contributed by atoms with Crippen LogP contribution in [0, 0.1) is 22.7 Å². The van der Waals surface area contributed by atoms with Gasteiger partial charge in [-0.15, -0.1) is 0 Å². The SMILES string of the molecule is C1CC2CCC1C1(CC1)C21CC1. The Balaban J connectivity index is 1.84. The Bertz CT molecular complexity index is 198. The first kappa shape index (κ1) is 6.45. The molecule has 2 spiro atoms. The minimum atomic E-state index is 0.953. The molecule has 0 heteroatoms. The van der Waals surface area contributed by atoms with Crippen molar-refractivity contribution in [3.8, 4) is 0 Å². The highest BCUT2D eigenvalue weighted by Crippen LogP contribution is 2.82. The normalized spacial score (nSPS) is 50.0. The van der Waals surface area contributed by atoms with E-state index in [0.717, 1.165) is 10.8 Å². The van der Waals surface area contributed by atoms with Gasteiger partial charge in [0.05, 0.1) is 0 Å². The van der Waals surface area contributed by atoms with E-state index in [1.54, 1.807) is 51.4 Å². The van der Waals surface area contributed by atoms with Gasteiger partial charge in [-0.2, -0.15) is 0 Å².